The fraction of sp³-hybridized carbons (Fsp3) is 0.278. The van der Waals surface area contributed by atoms with E-state index in [1.165, 1.54) is 10.8 Å². The maximum atomic E-state index is 12.5. The molecule has 0 spiro atoms. The van der Waals surface area contributed by atoms with Crippen LogP contribution in [0.4, 0.5) is 0 Å². The van der Waals surface area contributed by atoms with E-state index in [0.29, 0.717) is 5.69 Å². The number of nitrogens with one attached hydrogen (secondary N) is 2. The zero-order chi connectivity index (χ0) is 15.1. The van der Waals surface area contributed by atoms with Crippen LogP contribution in [-0.2, 0) is 0 Å². The topological polar surface area (TPSA) is 48.1 Å². The molecule has 0 radical (unpaired) electrons. The molecule has 1 aliphatic heterocycles. The molecule has 1 atom stereocenters. The van der Waals surface area contributed by atoms with Gasteiger partial charge in [-0.05, 0) is 42.9 Å². The van der Waals surface area contributed by atoms with Gasteiger partial charge in [-0.25, -0.2) is 0 Å². The summed E-state index contributed by atoms with van der Waals surface area (Å²) in [5.41, 5.74) is 1.65. The van der Waals surface area contributed by atoms with E-state index in [2.05, 4.69) is 40.4 Å². The molecule has 0 saturated carbocycles. The second-order valence-electron chi connectivity index (χ2n) is 6.15. The molecule has 4 heteroatoms. The van der Waals surface area contributed by atoms with E-state index >= 15 is 0 Å². The molecule has 1 aromatic heterocycles. The van der Waals surface area contributed by atoms with Crippen molar-refractivity contribution in [1.82, 2.24) is 15.2 Å². The number of likely N-dealkylation sites (N-methyl/N-ethyl adjacent to an activating group) is 1. The van der Waals surface area contributed by atoms with E-state index in [9.17, 15) is 4.79 Å². The van der Waals surface area contributed by atoms with Gasteiger partial charge in [-0.1, -0.05) is 30.3 Å². The first-order valence-corrected chi connectivity index (χ1v) is 7.70. The largest absolute Gasteiger partial charge is 0.351 e. The summed E-state index contributed by atoms with van der Waals surface area (Å²) in [5.74, 6) is -0.0134. The second kappa shape index (κ2) is 5.14. The lowest BCUT2D eigenvalue weighted by Gasteiger charge is -2.11. The van der Waals surface area contributed by atoms with Crippen molar-refractivity contribution in [2.45, 2.75) is 12.5 Å². The molecule has 0 bridgehead atoms. The highest BCUT2D eigenvalue weighted by Crippen LogP contribution is 2.26. The fourth-order valence-corrected chi connectivity index (χ4v) is 3.32. The number of hydrogen-bond donors (Lipinski definition) is 2. The Balaban J connectivity index is 1.67. The van der Waals surface area contributed by atoms with Crippen LogP contribution in [0.5, 0.6) is 0 Å². The first kappa shape index (κ1) is 13.3. The van der Waals surface area contributed by atoms with E-state index in [1.807, 2.05) is 24.3 Å². The number of likely N-dealkylation sites (tertiary alicyclic amines) is 1. The molecule has 3 aromatic rings. The summed E-state index contributed by atoms with van der Waals surface area (Å²) in [5, 5.41) is 6.60. The standard InChI is InChI=1S/C18H19N3O/c1-21-9-8-13(11-21)19-18(22)17-10-15-14-5-3-2-4-12(14)6-7-16(15)20-17/h2-7,10,13,20H,8-9,11H2,1H3,(H,19,22)/t13-/m0/s1. The summed E-state index contributed by atoms with van der Waals surface area (Å²) < 4.78 is 0. The maximum Gasteiger partial charge on any atom is 0.267 e. The molecule has 1 saturated heterocycles. The molecule has 22 heavy (non-hydrogen) atoms. The highest BCUT2D eigenvalue weighted by molar-refractivity contribution is 6.09. The van der Waals surface area contributed by atoms with Crippen LogP contribution in [0.1, 0.15) is 16.9 Å². The molecule has 0 unspecified atom stereocenters. The number of rotatable bonds is 2. The van der Waals surface area contributed by atoms with Crippen molar-refractivity contribution < 1.29 is 4.79 Å². The number of aromatic amines is 1. The van der Waals surface area contributed by atoms with Crippen LogP contribution in [0.25, 0.3) is 21.7 Å². The Bertz CT molecular complexity index is 852. The second-order valence-corrected chi connectivity index (χ2v) is 6.15. The Hall–Kier alpha value is -2.33. The molecule has 0 aliphatic carbocycles. The molecule has 4 nitrogen and oxygen atoms in total. The average Bonchev–Trinajstić information content (AvgIpc) is 3.13. The molecule has 112 valence electrons. The molecule has 1 amide bonds. The van der Waals surface area contributed by atoms with Crippen molar-refractivity contribution in [2.24, 2.45) is 0 Å². The summed E-state index contributed by atoms with van der Waals surface area (Å²) in [6.07, 6.45) is 1.02. The van der Waals surface area contributed by atoms with Crippen LogP contribution in [0, 0.1) is 0 Å². The Morgan fingerprint density at radius 3 is 2.91 bits per heavy atom. The van der Waals surface area contributed by atoms with Crippen molar-refractivity contribution >= 4 is 27.6 Å². The van der Waals surface area contributed by atoms with E-state index in [1.54, 1.807) is 0 Å². The van der Waals surface area contributed by atoms with Crippen LogP contribution in [-0.4, -0.2) is 42.0 Å². The monoisotopic (exact) mass is 293 g/mol. The molecule has 4 rings (SSSR count). The quantitative estimate of drug-likeness (QED) is 0.763. The van der Waals surface area contributed by atoms with Crippen LogP contribution in [0.15, 0.2) is 42.5 Å². The molecular weight excluding hydrogens is 274 g/mol. The van der Waals surface area contributed by atoms with Crippen molar-refractivity contribution in [1.29, 1.82) is 0 Å². The van der Waals surface area contributed by atoms with Crippen molar-refractivity contribution in [3.63, 3.8) is 0 Å². The lowest BCUT2D eigenvalue weighted by Crippen LogP contribution is -2.36. The van der Waals surface area contributed by atoms with Gasteiger partial charge in [0.15, 0.2) is 0 Å². The zero-order valence-corrected chi connectivity index (χ0v) is 12.6. The minimum atomic E-state index is -0.0134. The summed E-state index contributed by atoms with van der Waals surface area (Å²) in [7, 11) is 2.08. The van der Waals surface area contributed by atoms with E-state index in [-0.39, 0.29) is 11.9 Å². The van der Waals surface area contributed by atoms with Gasteiger partial charge in [-0.2, -0.15) is 0 Å². The fourth-order valence-electron chi connectivity index (χ4n) is 3.32. The van der Waals surface area contributed by atoms with E-state index in [4.69, 9.17) is 0 Å². The molecule has 2 aromatic carbocycles. The summed E-state index contributed by atoms with van der Waals surface area (Å²) in [4.78, 5) is 17.9. The van der Waals surface area contributed by atoms with Crippen molar-refractivity contribution in [3.05, 3.63) is 48.2 Å². The smallest absolute Gasteiger partial charge is 0.267 e. The van der Waals surface area contributed by atoms with Gasteiger partial charge in [0.25, 0.3) is 5.91 Å². The van der Waals surface area contributed by atoms with Gasteiger partial charge in [0.1, 0.15) is 5.69 Å². The summed E-state index contributed by atoms with van der Waals surface area (Å²) >= 11 is 0. The predicted molar refractivity (Wildman–Crippen MR) is 89.2 cm³/mol. The number of aromatic nitrogens is 1. The van der Waals surface area contributed by atoms with Crippen LogP contribution < -0.4 is 5.32 Å². The van der Waals surface area contributed by atoms with Gasteiger partial charge in [-0.15, -0.1) is 0 Å². The third-order valence-corrected chi connectivity index (χ3v) is 4.50. The van der Waals surface area contributed by atoms with Gasteiger partial charge in [0, 0.05) is 23.5 Å². The summed E-state index contributed by atoms with van der Waals surface area (Å²) in [6, 6.07) is 14.6. The molecule has 1 aliphatic rings. The SMILES string of the molecule is CN1CC[C@H](NC(=O)c2cc3c(ccc4ccccc43)[nH]2)C1. The van der Waals surface area contributed by atoms with Crippen LogP contribution in [0.3, 0.4) is 0 Å². The Morgan fingerprint density at radius 2 is 2.09 bits per heavy atom. The van der Waals surface area contributed by atoms with Gasteiger partial charge >= 0.3 is 0 Å². The molecule has 1 fully saturated rings. The number of nitrogens with zero attached hydrogens (tertiary/aromatic N) is 1. The van der Waals surface area contributed by atoms with Gasteiger partial charge in [0.2, 0.25) is 0 Å². The lowest BCUT2D eigenvalue weighted by atomic mass is 10.1. The van der Waals surface area contributed by atoms with Crippen molar-refractivity contribution in [2.75, 3.05) is 20.1 Å². The number of amides is 1. The van der Waals surface area contributed by atoms with Crippen molar-refractivity contribution in [3.8, 4) is 0 Å². The van der Waals surface area contributed by atoms with Gasteiger partial charge < -0.3 is 15.2 Å². The number of benzene rings is 2. The van der Waals surface area contributed by atoms with Gasteiger partial charge in [0.05, 0.1) is 0 Å². The van der Waals surface area contributed by atoms with Gasteiger partial charge in [-0.3, -0.25) is 4.79 Å². The first-order valence-electron chi connectivity index (χ1n) is 7.70. The molecular formula is C18H19N3O. The number of carbonyl (C=O) groups excluding carboxylic acids is 1. The third-order valence-electron chi connectivity index (χ3n) is 4.50. The van der Waals surface area contributed by atoms with E-state index in [0.717, 1.165) is 30.4 Å². The number of fused-ring (bicyclic) bond motifs is 3. The lowest BCUT2D eigenvalue weighted by molar-refractivity contribution is 0.0934. The minimum Gasteiger partial charge on any atom is -0.351 e. The zero-order valence-electron chi connectivity index (χ0n) is 12.6. The number of H-pyrrole nitrogens is 1. The number of hydrogen-bond acceptors (Lipinski definition) is 2. The minimum absolute atomic E-state index is 0.0134. The Morgan fingerprint density at radius 1 is 1.23 bits per heavy atom. The Kier molecular flexibility index (Phi) is 3.12. The normalized spacial score (nSPS) is 19.0. The predicted octanol–water partition coefficient (Wildman–Crippen LogP) is 2.75. The highest BCUT2D eigenvalue weighted by Gasteiger charge is 2.22. The number of carbonyl (C=O) groups is 1. The maximum absolute atomic E-state index is 12.5. The Labute approximate surface area is 129 Å². The summed E-state index contributed by atoms with van der Waals surface area (Å²) in [6.45, 7) is 1.97. The highest BCUT2D eigenvalue weighted by atomic mass is 16.1. The molecule has 2 heterocycles. The first-order chi connectivity index (χ1) is 10.7. The van der Waals surface area contributed by atoms with E-state index < -0.39 is 0 Å². The van der Waals surface area contributed by atoms with Crippen LogP contribution in [0.2, 0.25) is 0 Å². The third kappa shape index (κ3) is 2.25. The average molecular weight is 293 g/mol. The molecule has 2 N–H and O–H groups in total. The van der Waals surface area contributed by atoms with Crippen LogP contribution >= 0.6 is 0 Å².